The summed E-state index contributed by atoms with van der Waals surface area (Å²) in [5, 5.41) is 60.3. The van der Waals surface area contributed by atoms with Gasteiger partial charge < -0.3 is 48.9 Å². The van der Waals surface area contributed by atoms with Crippen molar-refractivity contribution in [2.24, 2.45) is 28.8 Å². The number of non-ortho nitro benzene ring substituents is 1. The van der Waals surface area contributed by atoms with Gasteiger partial charge in [-0.1, -0.05) is 43.3 Å². The van der Waals surface area contributed by atoms with Crippen molar-refractivity contribution in [2.75, 3.05) is 34.3 Å². The Balaban J connectivity index is 1.20. The van der Waals surface area contributed by atoms with E-state index in [-0.39, 0.29) is 37.3 Å². The van der Waals surface area contributed by atoms with Gasteiger partial charge in [0.25, 0.3) is 5.69 Å². The van der Waals surface area contributed by atoms with Crippen molar-refractivity contribution in [1.82, 2.24) is 24.8 Å². The summed E-state index contributed by atoms with van der Waals surface area (Å²) in [7, 11) is 6.07. The lowest BCUT2D eigenvalue weighted by atomic mass is 9.75. The molecule has 1 aromatic carbocycles. The molecule has 1 saturated carbocycles. The van der Waals surface area contributed by atoms with Gasteiger partial charge in [-0.05, 0) is 106 Å². The molecule has 374 valence electrons. The van der Waals surface area contributed by atoms with Gasteiger partial charge >= 0.3 is 5.97 Å². The number of carbonyl (C=O) groups is 2. The third-order valence-electron chi connectivity index (χ3n) is 15.0. The van der Waals surface area contributed by atoms with Crippen LogP contribution in [0.4, 0.5) is 5.69 Å². The Morgan fingerprint density at radius 1 is 1.01 bits per heavy atom. The molecule has 1 aliphatic carbocycles. The standard InChI is InChI=1S/C48H75N7O12/c1-11-39-48(7,60)43(58)29(3)40(50-67-37-18-16-35(17-19-37)52(8)9)33-25-47(6,63-27-33)44(30(4)41(56)31(5)45(59)65-39)66-46-42(57)38(24-28(2)64-46)53(10)22-21-34-26-54(51-49-34)23-20-32-12-14-36(15-13-32)55(61)62/h12-15,26,28-31,33,35,37-39,42-44,46,57-58,60H,11,16-25,27H2,1-10H3/b50-40-/t28-,29+,30+,31-,33+,35?,37?,38+,39-,42-,43-,44-,46+,47-,48-/m1/s1. The zero-order chi connectivity index (χ0) is 49.0. The highest BCUT2D eigenvalue weighted by Gasteiger charge is 2.55. The molecule has 6 rings (SSSR count). The van der Waals surface area contributed by atoms with Crippen LogP contribution in [0.15, 0.2) is 35.6 Å². The minimum Gasteiger partial charge on any atom is -0.459 e. The molecule has 0 spiro atoms. The highest BCUT2D eigenvalue weighted by atomic mass is 16.7. The summed E-state index contributed by atoms with van der Waals surface area (Å²) in [5.74, 6) is -4.70. The first-order chi connectivity index (χ1) is 31.6. The average molecular weight is 942 g/mol. The molecule has 19 nitrogen and oxygen atoms in total. The highest BCUT2D eigenvalue weighted by molar-refractivity contribution is 6.00. The van der Waals surface area contributed by atoms with E-state index in [1.807, 2.05) is 32.0 Å². The first-order valence-electron chi connectivity index (χ1n) is 24.1. The van der Waals surface area contributed by atoms with Crippen molar-refractivity contribution >= 4 is 23.2 Å². The van der Waals surface area contributed by atoms with Crippen LogP contribution >= 0.6 is 0 Å². The van der Waals surface area contributed by atoms with E-state index in [0.29, 0.717) is 44.1 Å². The first kappa shape index (κ1) is 52.4. The van der Waals surface area contributed by atoms with E-state index in [2.05, 4.69) is 29.3 Å². The number of Topliss-reactive ketones (excluding diaryl/α,β-unsaturated/α-hetero) is 1. The number of aliphatic hydroxyl groups is 3. The normalized spacial score (nSPS) is 37.4. The number of cyclic esters (lactones) is 1. The van der Waals surface area contributed by atoms with Crippen molar-refractivity contribution in [3.05, 3.63) is 51.8 Å². The molecule has 0 amide bonds. The third-order valence-corrected chi connectivity index (χ3v) is 15.0. The molecular formula is C48H75N7O12. The maximum Gasteiger partial charge on any atom is 0.316 e. The topological polar surface area (TPSA) is 234 Å². The Kier molecular flexibility index (Phi) is 17.4. The molecule has 3 N–H and O–H groups in total. The molecule has 13 atom stereocenters. The Morgan fingerprint density at radius 3 is 2.34 bits per heavy atom. The number of nitrogens with zero attached hydrogens (tertiary/aromatic N) is 7. The molecule has 3 saturated heterocycles. The van der Waals surface area contributed by atoms with Crippen molar-refractivity contribution < 1.29 is 53.6 Å². The largest absolute Gasteiger partial charge is 0.459 e. The molecule has 2 aromatic rings. The predicted molar refractivity (Wildman–Crippen MR) is 247 cm³/mol. The number of fused-ring (bicyclic) bond motifs is 2. The molecule has 19 heteroatoms. The fourth-order valence-electron chi connectivity index (χ4n) is 10.6. The smallest absolute Gasteiger partial charge is 0.316 e. The maximum atomic E-state index is 14.4. The lowest BCUT2D eigenvalue weighted by molar-refractivity contribution is -0.384. The summed E-state index contributed by atoms with van der Waals surface area (Å²) in [6.07, 6.45) is 1.12. The minimum atomic E-state index is -1.91. The molecule has 0 radical (unpaired) electrons. The molecular weight excluding hydrogens is 867 g/mol. The summed E-state index contributed by atoms with van der Waals surface area (Å²) in [4.78, 5) is 49.3. The van der Waals surface area contributed by atoms with E-state index < -0.39 is 88.3 Å². The number of ketones is 1. The molecule has 67 heavy (non-hydrogen) atoms. The van der Waals surface area contributed by atoms with Crippen LogP contribution in [0.1, 0.15) is 105 Å². The van der Waals surface area contributed by atoms with Gasteiger partial charge in [0.1, 0.15) is 29.8 Å². The van der Waals surface area contributed by atoms with Crippen LogP contribution in [-0.4, -0.2) is 163 Å². The second-order valence-corrected chi connectivity index (χ2v) is 20.3. The maximum absolute atomic E-state index is 14.4. The van der Waals surface area contributed by atoms with Gasteiger partial charge in [-0.2, -0.15) is 0 Å². The van der Waals surface area contributed by atoms with Gasteiger partial charge in [0.15, 0.2) is 12.1 Å². The van der Waals surface area contributed by atoms with Crippen molar-refractivity contribution in [3.63, 3.8) is 0 Å². The molecule has 4 aliphatic rings. The number of nitro benzene ring substituents is 1. The van der Waals surface area contributed by atoms with E-state index in [1.54, 1.807) is 37.6 Å². The monoisotopic (exact) mass is 942 g/mol. The van der Waals surface area contributed by atoms with E-state index in [4.69, 9.17) is 28.9 Å². The van der Waals surface area contributed by atoms with E-state index in [1.165, 1.54) is 26.0 Å². The van der Waals surface area contributed by atoms with Crippen LogP contribution in [0.3, 0.4) is 0 Å². The fourth-order valence-corrected chi connectivity index (χ4v) is 10.6. The number of oxime groups is 1. The Morgan fingerprint density at radius 2 is 1.70 bits per heavy atom. The number of hydrogen-bond donors (Lipinski definition) is 3. The van der Waals surface area contributed by atoms with Crippen molar-refractivity contribution in [2.45, 2.75) is 179 Å². The lowest BCUT2D eigenvalue weighted by Crippen LogP contribution is -2.59. The van der Waals surface area contributed by atoms with Crippen LogP contribution in [0, 0.1) is 33.8 Å². The average Bonchev–Trinajstić information content (AvgIpc) is 3.94. The zero-order valence-corrected chi connectivity index (χ0v) is 41.0. The van der Waals surface area contributed by atoms with Gasteiger partial charge in [0.2, 0.25) is 0 Å². The van der Waals surface area contributed by atoms with Crippen molar-refractivity contribution in [3.8, 4) is 0 Å². The SMILES string of the molecule is CC[C@H]1OC(=O)[C@H](C)C(=O)[C@H](C)[C@@H](O[C@@H]2O[C@H](C)C[C@H](N(C)CCc3cn(CCc4ccc([N+](=O)[O-])cc4)nn3)[C@H]2O)[C@@]2(C)C[C@@H](CO2)/C(=N\OC2CCC(N(C)C)CC2)[C@H](C)[C@@H](O)[C@]1(C)O. The van der Waals surface area contributed by atoms with E-state index in [0.717, 1.165) is 36.9 Å². The van der Waals surface area contributed by atoms with Crippen LogP contribution < -0.4 is 0 Å². The van der Waals surface area contributed by atoms with E-state index in [9.17, 15) is 35.0 Å². The number of likely N-dealkylation sites (N-methyl/N-ethyl adjacent to an activating group) is 1. The number of ether oxygens (including phenoxy) is 4. The number of aliphatic hydroxyl groups excluding tert-OH is 2. The predicted octanol–water partition coefficient (Wildman–Crippen LogP) is 4.12. The number of carbonyl (C=O) groups excluding carboxylic acids is 2. The molecule has 4 heterocycles. The number of aryl methyl sites for hydroxylation is 2. The molecule has 2 bridgehead atoms. The molecule has 4 fully saturated rings. The second kappa shape index (κ2) is 22.2. The highest BCUT2D eigenvalue weighted by Crippen LogP contribution is 2.43. The quantitative estimate of drug-likeness (QED) is 0.105. The van der Waals surface area contributed by atoms with Gasteiger partial charge in [0, 0.05) is 67.7 Å². The molecule has 3 aliphatic heterocycles. The number of benzene rings is 1. The van der Waals surface area contributed by atoms with Gasteiger partial charge in [0.05, 0.1) is 46.8 Å². The summed E-state index contributed by atoms with van der Waals surface area (Å²) in [6, 6.07) is 6.50. The van der Waals surface area contributed by atoms with Gasteiger partial charge in [-0.15, -0.1) is 5.10 Å². The zero-order valence-electron chi connectivity index (χ0n) is 41.0. The van der Waals surface area contributed by atoms with Gasteiger partial charge in [-0.25, -0.2) is 0 Å². The van der Waals surface area contributed by atoms with Crippen LogP contribution in [0.2, 0.25) is 0 Å². The number of esters is 1. The lowest BCUT2D eigenvalue weighted by Gasteiger charge is -2.46. The molecule has 1 aromatic heterocycles. The number of rotatable bonds is 14. The first-order valence-corrected chi connectivity index (χ1v) is 24.1. The van der Waals surface area contributed by atoms with Crippen LogP contribution in [-0.2, 0) is 52.8 Å². The summed E-state index contributed by atoms with van der Waals surface area (Å²) in [6.45, 7) is 13.1. The minimum absolute atomic E-state index is 0.0424. The number of aromatic nitrogens is 3. The Bertz CT molecular complexity index is 2010. The second-order valence-electron chi connectivity index (χ2n) is 20.3. The summed E-state index contributed by atoms with van der Waals surface area (Å²) < 4.78 is 27.4. The van der Waals surface area contributed by atoms with Gasteiger partial charge in [-0.3, -0.25) is 24.4 Å². The van der Waals surface area contributed by atoms with Crippen LogP contribution in [0.5, 0.6) is 0 Å². The number of nitro groups is 1. The summed E-state index contributed by atoms with van der Waals surface area (Å²) in [5.41, 5.74) is -0.844. The van der Waals surface area contributed by atoms with E-state index >= 15 is 0 Å². The summed E-state index contributed by atoms with van der Waals surface area (Å²) >= 11 is 0. The Hall–Kier alpha value is -3.95. The number of hydrogen-bond acceptors (Lipinski definition) is 17. The molecule has 0 unspecified atom stereocenters. The van der Waals surface area contributed by atoms with Crippen molar-refractivity contribution in [1.29, 1.82) is 0 Å². The Labute approximate surface area is 394 Å². The third kappa shape index (κ3) is 12.3. The van der Waals surface area contributed by atoms with Crippen LogP contribution in [0.25, 0.3) is 0 Å². The fraction of sp³-hybridized carbons (Fsp3) is 0.771.